The van der Waals surface area contributed by atoms with Crippen molar-refractivity contribution in [1.29, 1.82) is 0 Å². The SMILES string of the molecule is CC1(CNC(=O)OCC(F)(F)F)CCCCC1. The largest absolute Gasteiger partial charge is 0.440 e. The Morgan fingerprint density at radius 1 is 1.29 bits per heavy atom. The predicted molar refractivity (Wildman–Crippen MR) is 56.6 cm³/mol. The van der Waals surface area contributed by atoms with Crippen LogP contribution in [-0.2, 0) is 4.74 Å². The number of ether oxygens (including phenoxy) is 1. The second-order valence-corrected chi connectivity index (χ2v) is 4.92. The third kappa shape index (κ3) is 5.79. The first-order valence-corrected chi connectivity index (χ1v) is 5.78. The van der Waals surface area contributed by atoms with Gasteiger partial charge in [-0.25, -0.2) is 4.79 Å². The minimum absolute atomic E-state index is 0.00446. The molecule has 0 radical (unpaired) electrons. The van der Waals surface area contributed by atoms with E-state index in [9.17, 15) is 18.0 Å². The number of alkyl carbamates (subject to hydrolysis) is 1. The Hall–Kier alpha value is -0.940. The first kappa shape index (κ1) is 14.1. The fourth-order valence-corrected chi connectivity index (χ4v) is 2.07. The third-order valence-corrected chi connectivity index (χ3v) is 3.09. The van der Waals surface area contributed by atoms with Crippen LogP contribution in [0.25, 0.3) is 0 Å². The molecule has 100 valence electrons. The lowest BCUT2D eigenvalue weighted by molar-refractivity contribution is -0.160. The number of carbonyl (C=O) groups is 1. The summed E-state index contributed by atoms with van der Waals surface area (Å²) in [5, 5.41) is 2.40. The maximum Gasteiger partial charge on any atom is 0.422 e. The van der Waals surface area contributed by atoms with E-state index in [2.05, 4.69) is 10.1 Å². The average Bonchev–Trinajstić information content (AvgIpc) is 2.24. The van der Waals surface area contributed by atoms with Gasteiger partial charge in [0, 0.05) is 6.54 Å². The Morgan fingerprint density at radius 3 is 2.41 bits per heavy atom. The van der Waals surface area contributed by atoms with Crippen LogP contribution in [0, 0.1) is 5.41 Å². The van der Waals surface area contributed by atoms with Crippen LogP contribution in [0.1, 0.15) is 39.0 Å². The van der Waals surface area contributed by atoms with Crippen molar-refractivity contribution >= 4 is 6.09 Å². The molecule has 0 atom stereocenters. The van der Waals surface area contributed by atoms with E-state index in [1.165, 1.54) is 6.42 Å². The van der Waals surface area contributed by atoms with Gasteiger partial charge in [0.15, 0.2) is 6.61 Å². The van der Waals surface area contributed by atoms with Crippen molar-refractivity contribution in [2.75, 3.05) is 13.2 Å². The summed E-state index contributed by atoms with van der Waals surface area (Å²) in [6.45, 7) is 0.884. The summed E-state index contributed by atoms with van der Waals surface area (Å²) in [7, 11) is 0. The number of rotatable bonds is 3. The molecule has 0 aromatic heterocycles. The minimum atomic E-state index is -4.47. The number of carbonyl (C=O) groups excluding carboxylic acids is 1. The Morgan fingerprint density at radius 2 is 1.88 bits per heavy atom. The fourth-order valence-electron chi connectivity index (χ4n) is 2.07. The van der Waals surface area contributed by atoms with Crippen LogP contribution < -0.4 is 5.32 Å². The van der Waals surface area contributed by atoms with Crippen molar-refractivity contribution in [3.8, 4) is 0 Å². The smallest absolute Gasteiger partial charge is 0.422 e. The predicted octanol–water partition coefficient (Wildman–Crippen LogP) is 3.25. The first-order valence-electron chi connectivity index (χ1n) is 5.78. The van der Waals surface area contributed by atoms with Crippen molar-refractivity contribution in [2.45, 2.75) is 45.2 Å². The highest BCUT2D eigenvalue weighted by molar-refractivity contribution is 5.67. The van der Waals surface area contributed by atoms with Crippen LogP contribution in [0.3, 0.4) is 0 Å². The summed E-state index contributed by atoms with van der Waals surface area (Å²) in [6.07, 6.45) is -0.0701. The van der Waals surface area contributed by atoms with Gasteiger partial charge in [0.25, 0.3) is 0 Å². The molecule has 17 heavy (non-hydrogen) atoms. The summed E-state index contributed by atoms with van der Waals surface area (Å²) in [5.74, 6) is 0. The molecule has 1 N–H and O–H groups in total. The van der Waals surface area contributed by atoms with E-state index in [1.54, 1.807) is 0 Å². The number of nitrogens with one attached hydrogen (secondary N) is 1. The number of halogens is 3. The Labute approximate surface area is 98.7 Å². The second kappa shape index (κ2) is 5.60. The van der Waals surface area contributed by atoms with Gasteiger partial charge in [-0.05, 0) is 18.3 Å². The number of alkyl halides is 3. The zero-order valence-electron chi connectivity index (χ0n) is 9.90. The molecule has 1 saturated carbocycles. The van der Waals surface area contributed by atoms with Gasteiger partial charge >= 0.3 is 12.3 Å². The minimum Gasteiger partial charge on any atom is -0.440 e. The summed E-state index contributed by atoms with van der Waals surface area (Å²) in [4.78, 5) is 11.0. The number of amides is 1. The van der Waals surface area contributed by atoms with Gasteiger partial charge in [0.1, 0.15) is 0 Å². The molecule has 1 fully saturated rings. The lowest BCUT2D eigenvalue weighted by Gasteiger charge is -2.33. The van der Waals surface area contributed by atoms with Crippen molar-refractivity contribution in [3.63, 3.8) is 0 Å². The van der Waals surface area contributed by atoms with Crippen molar-refractivity contribution in [3.05, 3.63) is 0 Å². The van der Waals surface area contributed by atoms with Crippen LogP contribution in [0.4, 0.5) is 18.0 Å². The highest BCUT2D eigenvalue weighted by Gasteiger charge is 2.31. The number of hydrogen-bond donors (Lipinski definition) is 1. The molecular formula is C11H18F3NO2. The monoisotopic (exact) mass is 253 g/mol. The van der Waals surface area contributed by atoms with Crippen LogP contribution in [0.2, 0.25) is 0 Å². The quantitative estimate of drug-likeness (QED) is 0.838. The van der Waals surface area contributed by atoms with Crippen molar-refractivity contribution in [2.24, 2.45) is 5.41 Å². The standard InChI is InChI=1S/C11H18F3NO2/c1-10(5-3-2-4-6-10)7-15-9(16)17-8-11(12,13)14/h2-8H2,1H3,(H,15,16). The molecule has 0 spiro atoms. The molecule has 0 aliphatic heterocycles. The van der Waals surface area contributed by atoms with E-state index < -0.39 is 18.9 Å². The van der Waals surface area contributed by atoms with Gasteiger partial charge in [-0.1, -0.05) is 26.2 Å². The zero-order valence-corrected chi connectivity index (χ0v) is 9.90. The summed E-state index contributed by atoms with van der Waals surface area (Å²) in [5.41, 5.74) is -0.00446. The Bertz CT molecular complexity index is 260. The third-order valence-electron chi connectivity index (χ3n) is 3.09. The molecular weight excluding hydrogens is 235 g/mol. The molecule has 6 heteroatoms. The summed E-state index contributed by atoms with van der Waals surface area (Å²) < 4.78 is 39.4. The van der Waals surface area contributed by atoms with Gasteiger partial charge in [-0.2, -0.15) is 13.2 Å². The molecule has 0 aromatic carbocycles. The molecule has 0 unspecified atom stereocenters. The summed E-state index contributed by atoms with van der Waals surface area (Å²) >= 11 is 0. The molecule has 0 heterocycles. The van der Waals surface area contributed by atoms with Gasteiger partial charge in [0.05, 0.1) is 0 Å². The molecule has 1 aliphatic rings. The number of hydrogen-bond acceptors (Lipinski definition) is 2. The van der Waals surface area contributed by atoms with E-state index in [-0.39, 0.29) is 5.41 Å². The molecule has 3 nitrogen and oxygen atoms in total. The second-order valence-electron chi connectivity index (χ2n) is 4.92. The topological polar surface area (TPSA) is 38.3 Å². The van der Waals surface area contributed by atoms with E-state index in [4.69, 9.17) is 0 Å². The fraction of sp³-hybridized carbons (Fsp3) is 0.909. The highest BCUT2D eigenvalue weighted by atomic mass is 19.4. The van der Waals surface area contributed by atoms with Crippen LogP contribution in [-0.4, -0.2) is 25.4 Å². The molecule has 1 aliphatic carbocycles. The van der Waals surface area contributed by atoms with Crippen LogP contribution in [0.5, 0.6) is 0 Å². The summed E-state index contributed by atoms with van der Waals surface area (Å²) in [6, 6.07) is 0. The normalized spacial score (nSPS) is 19.8. The lowest BCUT2D eigenvalue weighted by atomic mass is 9.76. The van der Waals surface area contributed by atoms with E-state index in [0.717, 1.165) is 25.7 Å². The van der Waals surface area contributed by atoms with E-state index in [1.807, 2.05) is 6.92 Å². The van der Waals surface area contributed by atoms with Crippen molar-refractivity contribution < 1.29 is 22.7 Å². The molecule has 0 saturated heterocycles. The van der Waals surface area contributed by atoms with Crippen LogP contribution in [0.15, 0.2) is 0 Å². The Balaban J connectivity index is 2.23. The average molecular weight is 253 g/mol. The molecule has 1 rings (SSSR count). The Kier molecular flexibility index (Phi) is 4.65. The van der Waals surface area contributed by atoms with Gasteiger partial charge < -0.3 is 10.1 Å². The van der Waals surface area contributed by atoms with Crippen LogP contribution >= 0.6 is 0 Å². The molecule has 0 bridgehead atoms. The lowest BCUT2D eigenvalue weighted by Crippen LogP contribution is -2.38. The first-order chi connectivity index (χ1) is 7.81. The molecule has 0 aromatic rings. The maximum absolute atomic E-state index is 11.8. The maximum atomic E-state index is 11.8. The van der Waals surface area contributed by atoms with Crippen molar-refractivity contribution in [1.82, 2.24) is 5.32 Å². The van der Waals surface area contributed by atoms with Gasteiger partial charge in [-0.15, -0.1) is 0 Å². The molecule has 1 amide bonds. The van der Waals surface area contributed by atoms with E-state index in [0.29, 0.717) is 6.54 Å². The highest BCUT2D eigenvalue weighted by Crippen LogP contribution is 2.34. The van der Waals surface area contributed by atoms with Gasteiger partial charge in [0.2, 0.25) is 0 Å². The van der Waals surface area contributed by atoms with E-state index >= 15 is 0 Å². The van der Waals surface area contributed by atoms with Gasteiger partial charge in [-0.3, -0.25) is 0 Å². The zero-order chi connectivity index (χ0) is 12.9.